The average Bonchev–Trinajstić information content (AvgIpc) is 3.41. The molecular weight excluding hydrogens is 566 g/mol. The molecule has 230 valence electrons. The number of aliphatic hydroxyl groups is 1. The fourth-order valence-electron chi connectivity index (χ4n) is 6.78. The van der Waals surface area contributed by atoms with Gasteiger partial charge in [-0.3, -0.25) is 19.2 Å². The second kappa shape index (κ2) is 12.3. The number of likely N-dealkylation sites (tertiary alicyclic amines) is 1. The maximum absolute atomic E-state index is 14.4. The lowest BCUT2D eigenvalue weighted by atomic mass is 9.77. The highest BCUT2D eigenvalue weighted by atomic mass is 16.5. The van der Waals surface area contributed by atoms with Crippen LogP contribution < -0.4 is 15.0 Å². The number of carbonyl (C=O) groups is 4. The predicted octanol–water partition coefficient (Wildman–Crippen LogP) is 1.92. The van der Waals surface area contributed by atoms with E-state index in [0.29, 0.717) is 17.9 Å². The molecule has 0 radical (unpaired) electrons. The molecule has 0 aliphatic carbocycles. The van der Waals surface area contributed by atoms with Crippen LogP contribution >= 0.6 is 0 Å². The van der Waals surface area contributed by atoms with Gasteiger partial charge in [-0.25, -0.2) is 0 Å². The second-order valence-electron chi connectivity index (χ2n) is 11.3. The van der Waals surface area contributed by atoms with E-state index >= 15 is 0 Å². The van der Waals surface area contributed by atoms with Gasteiger partial charge in [0.2, 0.25) is 11.8 Å². The van der Waals surface area contributed by atoms with Crippen molar-refractivity contribution in [1.29, 1.82) is 0 Å². The van der Waals surface area contributed by atoms with Crippen LogP contribution in [-0.4, -0.2) is 84.9 Å². The van der Waals surface area contributed by atoms with Crippen molar-refractivity contribution in [1.82, 2.24) is 10.2 Å². The molecular formula is C33H35N3O8. The van der Waals surface area contributed by atoms with Crippen LogP contribution in [0.15, 0.2) is 78.9 Å². The first-order valence-corrected chi connectivity index (χ1v) is 14.8. The van der Waals surface area contributed by atoms with Gasteiger partial charge in [-0.1, -0.05) is 54.6 Å². The summed E-state index contributed by atoms with van der Waals surface area (Å²) in [6, 6.07) is 14.4. The number of carbonyl (C=O) groups excluding carboxylic acids is 4. The molecule has 0 unspecified atom stereocenters. The Labute approximate surface area is 255 Å². The first-order chi connectivity index (χ1) is 21.4. The molecule has 1 spiro atoms. The number of rotatable bonds is 5. The number of aliphatic hydroxyl groups excluding tert-OH is 1. The smallest absolute Gasteiger partial charge is 0.306 e. The Morgan fingerprint density at radius 2 is 1.80 bits per heavy atom. The maximum Gasteiger partial charge on any atom is 0.306 e. The van der Waals surface area contributed by atoms with Gasteiger partial charge in [-0.05, 0) is 36.2 Å². The molecule has 6 atom stereocenters. The lowest BCUT2D eigenvalue weighted by molar-refractivity contribution is -0.146. The van der Waals surface area contributed by atoms with Gasteiger partial charge in [-0.2, -0.15) is 0 Å². The number of nitrogens with zero attached hydrogens (tertiary/aromatic N) is 2. The SMILES string of the molecule is COc1ccc(N2CC=C[C@@]34O[C@H]5/C=C\CCC(=O)OC[C@H](c6ccccc6)NC(=O)[C@H]5[C@@H]3C(=O)N(CCO)[C@H]4C2=O)cc1. The number of hydrogen-bond acceptors (Lipinski definition) is 8. The summed E-state index contributed by atoms with van der Waals surface area (Å²) in [5, 5.41) is 13.0. The predicted molar refractivity (Wildman–Crippen MR) is 158 cm³/mol. The third-order valence-electron chi connectivity index (χ3n) is 8.79. The van der Waals surface area contributed by atoms with Crippen LogP contribution in [0.3, 0.4) is 0 Å². The van der Waals surface area contributed by atoms with Gasteiger partial charge in [0.1, 0.15) is 24.0 Å². The number of methoxy groups -OCH3 is 1. The van der Waals surface area contributed by atoms with Crippen LogP contribution in [0.2, 0.25) is 0 Å². The Kier molecular flexibility index (Phi) is 8.24. The third-order valence-corrected chi connectivity index (χ3v) is 8.79. The molecule has 2 saturated heterocycles. The highest BCUT2D eigenvalue weighted by molar-refractivity contribution is 6.05. The van der Waals surface area contributed by atoms with Crippen molar-refractivity contribution in [3.8, 4) is 5.75 Å². The van der Waals surface area contributed by atoms with Gasteiger partial charge < -0.3 is 34.4 Å². The molecule has 0 bridgehead atoms. The zero-order chi connectivity index (χ0) is 30.8. The number of cyclic esters (lactones) is 1. The summed E-state index contributed by atoms with van der Waals surface area (Å²) in [5.41, 5.74) is -0.116. The lowest BCUT2D eigenvalue weighted by Crippen LogP contribution is -2.55. The molecule has 6 rings (SSSR count). The summed E-state index contributed by atoms with van der Waals surface area (Å²) >= 11 is 0. The standard InChI is InChI=1S/C33H35N3O8/c1-42-23-14-12-22(13-15-23)35-17-7-16-33-28(31(40)36(18-19-37)29(33)32(35)41)27-25(44-33)10-5-6-11-26(38)43-20-24(34-30(27)39)21-8-3-2-4-9-21/h2-5,7-10,12-16,24-25,27-29,37H,6,11,17-20H2,1H3,(H,34,39)/b10-5-/t24-,25+,27-,28-,29+,33-/m1/s1. The van der Waals surface area contributed by atoms with Crippen molar-refractivity contribution in [2.75, 3.05) is 38.3 Å². The molecule has 4 aliphatic heterocycles. The molecule has 2 N–H and O–H groups in total. The van der Waals surface area contributed by atoms with Crippen molar-refractivity contribution in [3.05, 3.63) is 84.5 Å². The van der Waals surface area contributed by atoms with Gasteiger partial charge in [-0.15, -0.1) is 0 Å². The Hall–Kier alpha value is -4.48. The molecule has 0 aromatic heterocycles. The highest BCUT2D eigenvalue weighted by Crippen LogP contribution is 2.53. The average molecular weight is 602 g/mol. The summed E-state index contributed by atoms with van der Waals surface area (Å²) in [5.74, 6) is -3.06. The van der Waals surface area contributed by atoms with Crippen LogP contribution in [0.25, 0.3) is 0 Å². The van der Waals surface area contributed by atoms with Crippen LogP contribution in [0.5, 0.6) is 5.75 Å². The van der Waals surface area contributed by atoms with E-state index in [2.05, 4.69) is 5.32 Å². The normalized spacial score (nSPS) is 31.1. The zero-order valence-electron chi connectivity index (χ0n) is 24.3. The summed E-state index contributed by atoms with van der Waals surface area (Å²) in [7, 11) is 1.56. The fraction of sp³-hybridized carbons (Fsp3) is 0.394. The minimum atomic E-state index is -1.46. The zero-order valence-corrected chi connectivity index (χ0v) is 24.3. The number of β-amino-alcohol motifs (C(OH)–C–C–N with tert-alkyl or cyclic N) is 1. The Bertz CT molecular complexity index is 1480. The van der Waals surface area contributed by atoms with Gasteiger partial charge in [0.25, 0.3) is 5.91 Å². The monoisotopic (exact) mass is 601 g/mol. The van der Waals surface area contributed by atoms with Crippen molar-refractivity contribution < 1.29 is 38.5 Å². The number of benzene rings is 2. The summed E-state index contributed by atoms with van der Waals surface area (Å²) in [6.45, 7) is -0.326. The molecule has 3 amide bonds. The molecule has 0 saturated carbocycles. The van der Waals surface area contributed by atoms with E-state index in [9.17, 15) is 24.3 Å². The van der Waals surface area contributed by atoms with Crippen molar-refractivity contribution in [2.24, 2.45) is 11.8 Å². The van der Waals surface area contributed by atoms with Gasteiger partial charge in [0, 0.05) is 25.2 Å². The summed E-state index contributed by atoms with van der Waals surface area (Å²) in [4.78, 5) is 58.1. The molecule has 44 heavy (non-hydrogen) atoms. The molecule has 4 heterocycles. The molecule has 11 heteroatoms. The van der Waals surface area contributed by atoms with E-state index in [0.717, 1.165) is 5.56 Å². The molecule has 2 aromatic carbocycles. The van der Waals surface area contributed by atoms with Crippen LogP contribution in [-0.2, 0) is 28.7 Å². The number of nitrogens with one attached hydrogen (secondary N) is 1. The van der Waals surface area contributed by atoms with Crippen molar-refractivity contribution >= 4 is 29.4 Å². The van der Waals surface area contributed by atoms with E-state index in [1.165, 1.54) is 4.90 Å². The number of amides is 3. The lowest BCUT2D eigenvalue weighted by Gasteiger charge is -2.35. The van der Waals surface area contributed by atoms with Crippen LogP contribution in [0.1, 0.15) is 24.4 Å². The van der Waals surface area contributed by atoms with Crippen molar-refractivity contribution in [3.63, 3.8) is 0 Å². The van der Waals surface area contributed by atoms with Crippen molar-refractivity contribution in [2.45, 2.75) is 36.6 Å². The minimum Gasteiger partial charge on any atom is -0.497 e. The first-order valence-electron chi connectivity index (χ1n) is 14.8. The van der Waals surface area contributed by atoms with Gasteiger partial charge in [0.05, 0.1) is 37.7 Å². The number of esters is 1. The molecule has 11 nitrogen and oxygen atoms in total. The summed E-state index contributed by atoms with van der Waals surface area (Å²) < 4.78 is 17.4. The second-order valence-corrected chi connectivity index (χ2v) is 11.3. The van der Waals surface area contributed by atoms with Gasteiger partial charge >= 0.3 is 5.97 Å². The molecule has 2 fully saturated rings. The van der Waals surface area contributed by atoms with E-state index in [4.69, 9.17) is 14.2 Å². The number of ether oxygens (including phenoxy) is 3. The number of hydrogen-bond donors (Lipinski definition) is 2. The van der Waals surface area contributed by atoms with Crippen LogP contribution in [0.4, 0.5) is 5.69 Å². The number of fused-ring (bicyclic) bond motifs is 2. The molecule has 4 aliphatic rings. The quantitative estimate of drug-likeness (QED) is 0.392. The Balaban J connectivity index is 1.41. The van der Waals surface area contributed by atoms with Gasteiger partial charge in [0.15, 0.2) is 0 Å². The number of allylic oxidation sites excluding steroid dienone is 1. The minimum absolute atomic E-state index is 0.0746. The third kappa shape index (κ3) is 5.16. The first kappa shape index (κ1) is 29.6. The van der Waals surface area contributed by atoms with E-state index < -0.39 is 53.4 Å². The largest absolute Gasteiger partial charge is 0.497 e. The van der Waals surface area contributed by atoms with E-state index in [1.54, 1.807) is 60.6 Å². The maximum atomic E-state index is 14.4. The van der Waals surface area contributed by atoms with E-state index in [-0.39, 0.29) is 38.6 Å². The fourth-order valence-corrected chi connectivity index (χ4v) is 6.78. The van der Waals surface area contributed by atoms with E-state index in [1.807, 2.05) is 30.3 Å². The Morgan fingerprint density at radius 3 is 2.52 bits per heavy atom. The Morgan fingerprint density at radius 1 is 1.02 bits per heavy atom. The topological polar surface area (TPSA) is 135 Å². The number of anilines is 1. The van der Waals surface area contributed by atoms with Crippen LogP contribution in [0, 0.1) is 11.8 Å². The molecule has 2 aromatic rings. The highest BCUT2D eigenvalue weighted by Gasteiger charge is 2.71. The summed E-state index contributed by atoms with van der Waals surface area (Å²) in [6.07, 6.45) is 6.63.